The van der Waals surface area contributed by atoms with E-state index in [0.29, 0.717) is 23.7 Å². The number of unbranched alkanes of at least 4 members (excludes halogenated alkanes) is 2. The number of aryl methyl sites for hydroxylation is 2. The highest BCUT2D eigenvalue weighted by atomic mass is 16.6. The maximum absolute atomic E-state index is 12.7. The molecule has 0 saturated heterocycles. The van der Waals surface area contributed by atoms with Gasteiger partial charge in [0.2, 0.25) is 5.82 Å². The van der Waals surface area contributed by atoms with Gasteiger partial charge in [0.25, 0.3) is 5.91 Å². The van der Waals surface area contributed by atoms with Crippen molar-refractivity contribution >= 4 is 11.7 Å². The molecule has 0 atom stereocenters. The number of carbonyl (C=O) groups is 1. The van der Waals surface area contributed by atoms with E-state index in [1.807, 2.05) is 18.2 Å². The monoisotopic (exact) mass is 405 g/mol. The molecule has 1 heterocycles. The number of aromatic nitrogens is 2. The molecular weight excluding hydrogens is 378 g/mol. The van der Waals surface area contributed by atoms with Crippen molar-refractivity contribution in [2.45, 2.75) is 51.9 Å². The quantitative estimate of drug-likeness (QED) is 0.505. The number of nitrogens with zero attached hydrogens (tertiary/aromatic N) is 2. The Bertz CT molecular complexity index is 995. The van der Waals surface area contributed by atoms with Crippen molar-refractivity contribution in [1.82, 2.24) is 10.3 Å². The van der Waals surface area contributed by atoms with Crippen LogP contribution in [0.3, 0.4) is 0 Å². The van der Waals surface area contributed by atoms with Crippen LogP contribution < -0.4 is 10.1 Å². The number of nitrogens with one attached hydrogen (secondary N) is 1. The average Bonchev–Trinajstić information content (AvgIpc) is 3.25. The predicted octanol–water partition coefficient (Wildman–Crippen LogP) is 5.44. The summed E-state index contributed by atoms with van der Waals surface area (Å²) in [6, 6.07) is 13.4. The number of carbonyl (C=O) groups excluding carboxylic acids is 1. The minimum absolute atomic E-state index is 0.262. The molecule has 1 aromatic heterocycles. The van der Waals surface area contributed by atoms with E-state index in [2.05, 4.69) is 34.7 Å². The lowest BCUT2D eigenvalue weighted by Gasteiger charge is -2.16. The van der Waals surface area contributed by atoms with Gasteiger partial charge >= 0.3 is 0 Å². The molecule has 1 N–H and O–H groups in total. The number of benzene rings is 2. The van der Waals surface area contributed by atoms with Crippen molar-refractivity contribution in [1.29, 1.82) is 0 Å². The van der Waals surface area contributed by atoms with Gasteiger partial charge in [0.1, 0.15) is 5.75 Å². The van der Waals surface area contributed by atoms with E-state index >= 15 is 0 Å². The van der Waals surface area contributed by atoms with E-state index in [1.165, 1.54) is 24.0 Å². The maximum atomic E-state index is 12.7. The molecule has 6 nitrogen and oxygen atoms in total. The Morgan fingerprint density at radius 2 is 1.83 bits per heavy atom. The van der Waals surface area contributed by atoms with E-state index in [0.717, 1.165) is 43.4 Å². The third-order valence-electron chi connectivity index (χ3n) is 5.48. The first-order chi connectivity index (χ1) is 14.7. The number of fused-ring (bicyclic) bond motifs is 1. The number of hydrogen-bond donors (Lipinski definition) is 1. The van der Waals surface area contributed by atoms with Crippen LogP contribution in [0.25, 0.3) is 11.3 Å². The Kier molecular flexibility index (Phi) is 6.42. The Morgan fingerprint density at radius 1 is 1.03 bits per heavy atom. The largest absolute Gasteiger partial charge is 0.494 e. The van der Waals surface area contributed by atoms with Gasteiger partial charge in [-0.25, -0.2) is 4.63 Å². The van der Waals surface area contributed by atoms with Gasteiger partial charge in [-0.2, -0.15) is 0 Å². The fourth-order valence-electron chi connectivity index (χ4n) is 3.77. The van der Waals surface area contributed by atoms with Crippen LogP contribution in [0.15, 0.2) is 47.1 Å². The number of amides is 1. The summed E-state index contributed by atoms with van der Waals surface area (Å²) in [6.45, 7) is 2.85. The Labute approximate surface area is 176 Å². The third-order valence-corrected chi connectivity index (χ3v) is 5.48. The van der Waals surface area contributed by atoms with E-state index in [1.54, 1.807) is 12.1 Å². The Morgan fingerprint density at radius 3 is 2.63 bits per heavy atom. The molecule has 156 valence electrons. The summed E-state index contributed by atoms with van der Waals surface area (Å²) in [4.78, 5) is 12.7. The summed E-state index contributed by atoms with van der Waals surface area (Å²) in [5.74, 6) is 0.832. The summed E-state index contributed by atoms with van der Waals surface area (Å²) in [5, 5.41) is 10.7. The summed E-state index contributed by atoms with van der Waals surface area (Å²) >= 11 is 0. The van der Waals surface area contributed by atoms with Gasteiger partial charge in [-0.15, -0.1) is 0 Å². The smallest absolute Gasteiger partial charge is 0.256 e. The second kappa shape index (κ2) is 9.57. The molecule has 30 heavy (non-hydrogen) atoms. The van der Waals surface area contributed by atoms with Gasteiger partial charge in [0.15, 0.2) is 5.69 Å². The molecule has 1 aliphatic carbocycles. The van der Waals surface area contributed by atoms with E-state index < -0.39 is 0 Å². The van der Waals surface area contributed by atoms with Crippen LogP contribution in [0.2, 0.25) is 0 Å². The van der Waals surface area contributed by atoms with Crippen LogP contribution in [0.4, 0.5) is 5.82 Å². The molecule has 0 fully saturated rings. The van der Waals surface area contributed by atoms with Gasteiger partial charge in [-0.05, 0) is 83.9 Å². The highest BCUT2D eigenvalue weighted by molar-refractivity contribution is 6.05. The SMILES string of the molecule is CCCCCOc1ccc(C(=O)Nc2nonc2-c2ccc3c(c2)CCCC3)cc1. The molecule has 0 aliphatic heterocycles. The summed E-state index contributed by atoms with van der Waals surface area (Å²) in [6.07, 6.45) is 7.98. The number of rotatable bonds is 8. The summed E-state index contributed by atoms with van der Waals surface area (Å²) in [5.41, 5.74) is 4.71. The molecule has 0 saturated carbocycles. The van der Waals surface area contributed by atoms with Crippen LogP contribution in [-0.4, -0.2) is 22.8 Å². The molecule has 4 rings (SSSR count). The van der Waals surface area contributed by atoms with E-state index in [4.69, 9.17) is 9.37 Å². The minimum atomic E-state index is -0.262. The Balaban J connectivity index is 1.43. The zero-order valence-corrected chi connectivity index (χ0v) is 17.3. The van der Waals surface area contributed by atoms with Crippen LogP contribution in [-0.2, 0) is 12.8 Å². The molecular formula is C24H27N3O3. The maximum Gasteiger partial charge on any atom is 0.256 e. The zero-order valence-electron chi connectivity index (χ0n) is 17.3. The zero-order chi connectivity index (χ0) is 20.8. The number of hydrogen-bond acceptors (Lipinski definition) is 5. The highest BCUT2D eigenvalue weighted by Crippen LogP contribution is 2.30. The van der Waals surface area contributed by atoms with Gasteiger partial charge in [-0.1, -0.05) is 31.9 Å². The van der Waals surface area contributed by atoms with E-state index in [9.17, 15) is 4.79 Å². The van der Waals surface area contributed by atoms with E-state index in [-0.39, 0.29) is 5.91 Å². The third kappa shape index (κ3) is 4.70. The molecule has 0 bridgehead atoms. The fraction of sp³-hybridized carbons (Fsp3) is 0.375. The topological polar surface area (TPSA) is 77.2 Å². The summed E-state index contributed by atoms with van der Waals surface area (Å²) in [7, 11) is 0. The van der Waals surface area contributed by atoms with Crippen molar-refractivity contribution in [2.75, 3.05) is 11.9 Å². The molecule has 3 aromatic rings. The van der Waals surface area contributed by atoms with Gasteiger partial charge < -0.3 is 10.1 Å². The van der Waals surface area contributed by atoms with Crippen LogP contribution in [0.5, 0.6) is 5.75 Å². The van der Waals surface area contributed by atoms with Crippen molar-refractivity contribution in [3.63, 3.8) is 0 Å². The lowest BCUT2D eigenvalue weighted by atomic mass is 9.90. The predicted molar refractivity (Wildman–Crippen MR) is 116 cm³/mol. The van der Waals surface area contributed by atoms with Crippen LogP contribution in [0.1, 0.15) is 60.5 Å². The molecule has 1 aliphatic rings. The van der Waals surface area contributed by atoms with Gasteiger partial charge in [0.05, 0.1) is 6.61 Å². The Hall–Kier alpha value is -3.15. The molecule has 6 heteroatoms. The fourth-order valence-corrected chi connectivity index (χ4v) is 3.77. The molecule has 0 radical (unpaired) electrons. The summed E-state index contributed by atoms with van der Waals surface area (Å²) < 4.78 is 10.6. The number of anilines is 1. The first-order valence-corrected chi connectivity index (χ1v) is 10.7. The normalized spacial score (nSPS) is 13.0. The minimum Gasteiger partial charge on any atom is -0.494 e. The molecule has 1 amide bonds. The number of ether oxygens (including phenoxy) is 1. The van der Waals surface area contributed by atoms with Crippen LogP contribution in [0, 0.1) is 0 Å². The lowest BCUT2D eigenvalue weighted by Crippen LogP contribution is -2.13. The van der Waals surface area contributed by atoms with Gasteiger partial charge in [-0.3, -0.25) is 4.79 Å². The van der Waals surface area contributed by atoms with Crippen molar-refractivity contribution in [3.05, 3.63) is 59.2 Å². The first-order valence-electron chi connectivity index (χ1n) is 10.7. The first kappa shape index (κ1) is 20.1. The second-order valence-corrected chi connectivity index (χ2v) is 7.69. The van der Waals surface area contributed by atoms with Crippen molar-refractivity contribution in [3.8, 4) is 17.0 Å². The lowest BCUT2D eigenvalue weighted by molar-refractivity contribution is 0.102. The average molecular weight is 405 g/mol. The highest BCUT2D eigenvalue weighted by Gasteiger charge is 2.18. The van der Waals surface area contributed by atoms with Crippen molar-refractivity contribution < 1.29 is 14.2 Å². The standard InChI is InChI=1S/C24H27N3O3/c1-2-3-6-15-29-21-13-11-18(12-14-21)24(28)25-23-22(26-30-27-23)20-10-9-17-7-4-5-8-19(17)16-20/h9-14,16H,2-8,15H2,1H3,(H,25,27,28). The molecule has 0 spiro atoms. The van der Waals surface area contributed by atoms with Crippen LogP contribution >= 0.6 is 0 Å². The second-order valence-electron chi connectivity index (χ2n) is 7.69. The van der Waals surface area contributed by atoms with Crippen molar-refractivity contribution in [2.24, 2.45) is 0 Å². The molecule has 2 aromatic carbocycles. The molecule has 0 unspecified atom stereocenters. The van der Waals surface area contributed by atoms with Gasteiger partial charge in [0, 0.05) is 11.1 Å².